The van der Waals surface area contributed by atoms with Crippen molar-refractivity contribution in [3.8, 4) is 5.88 Å². The number of benzene rings is 1. The van der Waals surface area contributed by atoms with Gasteiger partial charge in [0.2, 0.25) is 5.88 Å². The Morgan fingerprint density at radius 2 is 2.17 bits per heavy atom. The van der Waals surface area contributed by atoms with Crippen LogP contribution in [0.25, 0.3) is 0 Å². The summed E-state index contributed by atoms with van der Waals surface area (Å²) in [5, 5.41) is 0. The first-order valence-corrected chi connectivity index (χ1v) is 6.53. The Bertz CT molecular complexity index is 529. The largest absolute Gasteiger partial charge is 0.473 e. The minimum absolute atomic E-state index is 0.0128. The summed E-state index contributed by atoms with van der Waals surface area (Å²) in [4.78, 5) is 4.17. The lowest BCUT2D eigenvalue weighted by Crippen LogP contribution is -2.06. The highest BCUT2D eigenvalue weighted by molar-refractivity contribution is 9.10. The highest BCUT2D eigenvalue weighted by Gasteiger charge is 2.03. The van der Waals surface area contributed by atoms with Gasteiger partial charge in [-0.3, -0.25) is 0 Å². The number of rotatable bonds is 4. The van der Waals surface area contributed by atoms with Crippen LogP contribution in [0.4, 0.5) is 0 Å². The average molecular weight is 307 g/mol. The molecule has 0 saturated heterocycles. The molecule has 3 nitrogen and oxygen atoms in total. The SMILES string of the molecule is C[C@H](N)c1ccnc(OCc2cccc(Br)c2)c1. The first kappa shape index (κ1) is 13.1. The van der Waals surface area contributed by atoms with Gasteiger partial charge in [0, 0.05) is 22.8 Å². The molecule has 0 saturated carbocycles. The van der Waals surface area contributed by atoms with Crippen molar-refractivity contribution in [3.05, 3.63) is 58.2 Å². The summed E-state index contributed by atoms with van der Waals surface area (Å²) in [6.07, 6.45) is 1.72. The molecule has 4 heteroatoms. The first-order chi connectivity index (χ1) is 8.65. The van der Waals surface area contributed by atoms with Gasteiger partial charge >= 0.3 is 0 Å². The first-order valence-electron chi connectivity index (χ1n) is 5.74. The zero-order valence-corrected chi connectivity index (χ0v) is 11.7. The predicted molar refractivity (Wildman–Crippen MR) is 75.3 cm³/mol. The van der Waals surface area contributed by atoms with E-state index in [9.17, 15) is 0 Å². The molecule has 0 aliphatic heterocycles. The second-order valence-corrected chi connectivity index (χ2v) is 5.05. The number of hydrogen-bond acceptors (Lipinski definition) is 3. The molecule has 0 aliphatic rings. The van der Waals surface area contributed by atoms with Crippen molar-refractivity contribution in [1.82, 2.24) is 4.98 Å². The van der Waals surface area contributed by atoms with Crippen LogP contribution in [-0.4, -0.2) is 4.98 Å². The van der Waals surface area contributed by atoms with Crippen molar-refractivity contribution < 1.29 is 4.74 Å². The highest BCUT2D eigenvalue weighted by atomic mass is 79.9. The maximum Gasteiger partial charge on any atom is 0.213 e. The van der Waals surface area contributed by atoms with Crippen molar-refractivity contribution in [3.63, 3.8) is 0 Å². The normalized spacial score (nSPS) is 12.2. The molecule has 0 spiro atoms. The van der Waals surface area contributed by atoms with Crippen LogP contribution in [0.1, 0.15) is 24.1 Å². The van der Waals surface area contributed by atoms with Gasteiger partial charge in [0.15, 0.2) is 0 Å². The molecule has 2 N–H and O–H groups in total. The van der Waals surface area contributed by atoms with Crippen LogP contribution in [0.3, 0.4) is 0 Å². The van der Waals surface area contributed by atoms with Gasteiger partial charge in [0.1, 0.15) is 6.61 Å². The second kappa shape index (κ2) is 5.98. The predicted octanol–water partition coefficient (Wildman–Crippen LogP) is 3.44. The molecule has 0 fully saturated rings. The van der Waals surface area contributed by atoms with Gasteiger partial charge in [-0.1, -0.05) is 28.1 Å². The van der Waals surface area contributed by atoms with Gasteiger partial charge in [-0.2, -0.15) is 0 Å². The van der Waals surface area contributed by atoms with Crippen LogP contribution >= 0.6 is 15.9 Å². The average Bonchev–Trinajstić information content (AvgIpc) is 2.37. The van der Waals surface area contributed by atoms with E-state index in [4.69, 9.17) is 10.5 Å². The van der Waals surface area contributed by atoms with Gasteiger partial charge in [0.25, 0.3) is 0 Å². The van der Waals surface area contributed by atoms with Crippen molar-refractivity contribution in [2.75, 3.05) is 0 Å². The van der Waals surface area contributed by atoms with E-state index >= 15 is 0 Å². The Hall–Kier alpha value is -1.39. The minimum Gasteiger partial charge on any atom is -0.473 e. The smallest absolute Gasteiger partial charge is 0.213 e. The van der Waals surface area contributed by atoms with E-state index in [0.717, 1.165) is 15.6 Å². The van der Waals surface area contributed by atoms with Gasteiger partial charge < -0.3 is 10.5 Å². The molecule has 2 rings (SSSR count). The van der Waals surface area contributed by atoms with Crippen LogP contribution in [-0.2, 0) is 6.61 Å². The minimum atomic E-state index is -0.0128. The molecule has 18 heavy (non-hydrogen) atoms. The molecule has 0 bridgehead atoms. The lowest BCUT2D eigenvalue weighted by atomic mass is 10.1. The van der Waals surface area contributed by atoms with Crippen LogP contribution < -0.4 is 10.5 Å². The third-order valence-corrected chi connectivity index (χ3v) is 3.05. The van der Waals surface area contributed by atoms with E-state index in [1.807, 2.05) is 43.3 Å². The zero-order valence-electron chi connectivity index (χ0n) is 10.1. The molecular weight excluding hydrogens is 292 g/mol. The fourth-order valence-corrected chi connectivity index (χ4v) is 2.02. The Morgan fingerprint density at radius 1 is 1.33 bits per heavy atom. The molecule has 0 amide bonds. The summed E-state index contributed by atoms with van der Waals surface area (Å²) in [5.74, 6) is 0.602. The summed E-state index contributed by atoms with van der Waals surface area (Å²) in [6.45, 7) is 2.43. The van der Waals surface area contributed by atoms with E-state index in [0.29, 0.717) is 12.5 Å². The van der Waals surface area contributed by atoms with E-state index < -0.39 is 0 Å². The lowest BCUT2D eigenvalue weighted by molar-refractivity contribution is 0.293. The molecule has 0 aliphatic carbocycles. The summed E-state index contributed by atoms with van der Waals surface area (Å²) in [5.41, 5.74) is 7.94. The van der Waals surface area contributed by atoms with Crippen LogP contribution in [0.2, 0.25) is 0 Å². The van der Waals surface area contributed by atoms with E-state index in [1.165, 1.54) is 0 Å². The number of pyridine rings is 1. The number of nitrogens with two attached hydrogens (primary N) is 1. The molecule has 1 heterocycles. The Labute approximate surface area is 115 Å². The monoisotopic (exact) mass is 306 g/mol. The maximum absolute atomic E-state index is 5.82. The van der Waals surface area contributed by atoms with Gasteiger partial charge in [0.05, 0.1) is 0 Å². The van der Waals surface area contributed by atoms with Crippen LogP contribution in [0.5, 0.6) is 5.88 Å². The summed E-state index contributed by atoms with van der Waals surface area (Å²) < 4.78 is 6.69. The second-order valence-electron chi connectivity index (χ2n) is 4.13. The van der Waals surface area contributed by atoms with Crippen molar-refractivity contribution in [2.24, 2.45) is 5.73 Å². The van der Waals surface area contributed by atoms with Crippen LogP contribution in [0.15, 0.2) is 47.1 Å². The molecule has 1 aromatic carbocycles. The molecular formula is C14H15BrN2O. The van der Waals surface area contributed by atoms with E-state index in [2.05, 4.69) is 20.9 Å². The van der Waals surface area contributed by atoms with Gasteiger partial charge in [-0.15, -0.1) is 0 Å². The number of nitrogens with zero attached hydrogens (tertiary/aromatic N) is 1. The molecule has 94 valence electrons. The number of ether oxygens (including phenoxy) is 1. The van der Waals surface area contributed by atoms with Gasteiger partial charge in [-0.25, -0.2) is 4.98 Å². The Kier molecular flexibility index (Phi) is 4.33. The third-order valence-electron chi connectivity index (χ3n) is 2.56. The van der Waals surface area contributed by atoms with Crippen LogP contribution in [0, 0.1) is 0 Å². The zero-order chi connectivity index (χ0) is 13.0. The Balaban J connectivity index is 2.04. The third kappa shape index (κ3) is 3.55. The fraction of sp³-hybridized carbons (Fsp3) is 0.214. The summed E-state index contributed by atoms with van der Waals surface area (Å²) in [6, 6.07) is 11.8. The molecule has 1 aromatic heterocycles. The standard InChI is InChI=1S/C14H15BrN2O/c1-10(16)12-5-6-17-14(8-12)18-9-11-3-2-4-13(15)7-11/h2-8,10H,9,16H2,1H3/t10-/m0/s1. The van der Waals surface area contributed by atoms with Crippen molar-refractivity contribution in [2.45, 2.75) is 19.6 Å². The van der Waals surface area contributed by atoms with Crippen molar-refractivity contribution in [1.29, 1.82) is 0 Å². The molecule has 0 unspecified atom stereocenters. The fourth-order valence-electron chi connectivity index (χ4n) is 1.57. The van der Waals surface area contributed by atoms with Crippen molar-refractivity contribution >= 4 is 15.9 Å². The summed E-state index contributed by atoms with van der Waals surface area (Å²) >= 11 is 3.43. The maximum atomic E-state index is 5.82. The molecule has 1 atom stereocenters. The van der Waals surface area contributed by atoms with Gasteiger partial charge in [-0.05, 0) is 36.2 Å². The number of hydrogen-bond donors (Lipinski definition) is 1. The summed E-state index contributed by atoms with van der Waals surface area (Å²) in [7, 11) is 0. The number of halogens is 1. The van der Waals surface area contributed by atoms with E-state index in [-0.39, 0.29) is 6.04 Å². The molecule has 2 aromatic rings. The highest BCUT2D eigenvalue weighted by Crippen LogP contribution is 2.17. The molecule has 0 radical (unpaired) electrons. The number of aromatic nitrogens is 1. The topological polar surface area (TPSA) is 48.1 Å². The Morgan fingerprint density at radius 3 is 2.89 bits per heavy atom. The quantitative estimate of drug-likeness (QED) is 0.941. The van der Waals surface area contributed by atoms with E-state index in [1.54, 1.807) is 6.20 Å². The lowest BCUT2D eigenvalue weighted by Gasteiger charge is -2.09.